The summed E-state index contributed by atoms with van der Waals surface area (Å²) >= 11 is 0. The van der Waals surface area contributed by atoms with Crippen LogP contribution in [0.25, 0.3) is 10.9 Å². The number of rotatable bonds is 3. The van der Waals surface area contributed by atoms with Gasteiger partial charge in [-0.3, -0.25) is 0 Å². The minimum absolute atomic E-state index is 0.208. The summed E-state index contributed by atoms with van der Waals surface area (Å²) in [5.41, 5.74) is 0.410. The maximum atomic E-state index is 11.5. The zero-order valence-electron chi connectivity index (χ0n) is 10.2. The van der Waals surface area contributed by atoms with Crippen molar-refractivity contribution in [1.29, 1.82) is 0 Å². The number of hydrogen-bond donors (Lipinski definition) is 0. The number of benzene rings is 1. The second-order valence-electron chi connectivity index (χ2n) is 3.64. The van der Waals surface area contributed by atoms with Crippen LogP contribution in [0, 0.1) is 0 Å². The van der Waals surface area contributed by atoms with Crippen molar-refractivity contribution in [3.8, 4) is 11.6 Å². The van der Waals surface area contributed by atoms with Crippen molar-refractivity contribution in [2.45, 2.75) is 5.16 Å². The van der Waals surface area contributed by atoms with Crippen LogP contribution in [0.1, 0.15) is 0 Å². The summed E-state index contributed by atoms with van der Waals surface area (Å²) in [5, 5.41) is 0.320. The largest absolute Gasteiger partial charge is 0.494 e. The standard InChI is InChI=1S/C11H12N2O4S/c1-16-8-6-4-5-7-9(8)12-11(18(3,14)15)13-10(7)17-2/h4-6H,1-3H3. The average Bonchev–Trinajstić information content (AvgIpc) is 2.35. The molecule has 0 fully saturated rings. The Morgan fingerprint density at radius 2 is 1.83 bits per heavy atom. The Balaban J connectivity index is 2.89. The molecule has 0 N–H and O–H groups in total. The zero-order valence-corrected chi connectivity index (χ0v) is 11.0. The number of aromatic nitrogens is 2. The molecule has 0 amide bonds. The van der Waals surface area contributed by atoms with Crippen molar-refractivity contribution in [3.05, 3.63) is 18.2 Å². The number of para-hydroxylation sites is 1. The van der Waals surface area contributed by atoms with E-state index in [4.69, 9.17) is 9.47 Å². The van der Waals surface area contributed by atoms with Gasteiger partial charge in [0.15, 0.2) is 0 Å². The van der Waals surface area contributed by atoms with Crippen LogP contribution >= 0.6 is 0 Å². The minimum Gasteiger partial charge on any atom is -0.494 e. The van der Waals surface area contributed by atoms with E-state index in [1.54, 1.807) is 18.2 Å². The molecular formula is C11H12N2O4S. The van der Waals surface area contributed by atoms with Gasteiger partial charge in [-0.2, -0.15) is 4.98 Å². The van der Waals surface area contributed by atoms with E-state index in [0.717, 1.165) is 6.26 Å². The highest BCUT2D eigenvalue weighted by Crippen LogP contribution is 2.29. The molecule has 0 radical (unpaired) electrons. The summed E-state index contributed by atoms with van der Waals surface area (Å²) in [6.45, 7) is 0. The van der Waals surface area contributed by atoms with Gasteiger partial charge in [0.25, 0.3) is 5.16 Å². The highest BCUT2D eigenvalue weighted by atomic mass is 32.2. The minimum atomic E-state index is -3.51. The number of ether oxygens (including phenoxy) is 2. The molecule has 0 spiro atoms. The number of methoxy groups -OCH3 is 2. The highest BCUT2D eigenvalue weighted by molar-refractivity contribution is 7.90. The Morgan fingerprint density at radius 1 is 1.11 bits per heavy atom. The molecule has 1 aromatic heterocycles. The third-order valence-electron chi connectivity index (χ3n) is 2.38. The summed E-state index contributed by atoms with van der Waals surface area (Å²) in [4.78, 5) is 7.91. The molecule has 7 heteroatoms. The predicted molar refractivity (Wildman–Crippen MR) is 65.8 cm³/mol. The zero-order chi connectivity index (χ0) is 13.3. The van der Waals surface area contributed by atoms with Crippen molar-refractivity contribution in [2.75, 3.05) is 20.5 Å². The SMILES string of the molecule is COc1nc(S(C)(=O)=O)nc2c(OC)cccc12. The first kappa shape index (κ1) is 12.6. The third kappa shape index (κ3) is 2.08. The lowest BCUT2D eigenvalue weighted by Gasteiger charge is -2.09. The molecule has 0 atom stereocenters. The van der Waals surface area contributed by atoms with Crippen molar-refractivity contribution in [2.24, 2.45) is 0 Å². The Labute approximate surface area is 104 Å². The summed E-state index contributed by atoms with van der Waals surface area (Å²) in [6.07, 6.45) is 1.04. The molecule has 0 bridgehead atoms. The second-order valence-corrected chi connectivity index (χ2v) is 5.55. The Hall–Kier alpha value is -1.89. The maximum Gasteiger partial charge on any atom is 0.250 e. The summed E-state index contributed by atoms with van der Waals surface area (Å²) in [5.74, 6) is 0.678. The van der Waals surface area contributed by atoms with E-state index in [1.807, 2.05) is 0 Å². The molecule has 0 saturated heterocycles. The van der Waals surface area contributed by atoms with E-state index in [1.165, 1.54) is 14.2 Å². The summed E-state index contributed by atoms with van der Waals surface area (Å²) in [6, 6.07) is 5.19. The molecule has 2 aromatic rings. The van der Waals surface area contributed by atoms with E-state index in [-0.39, 0.29) is 11.0 Å². The lowest BCUT2D eigenvalue weighted by molar-refractivity contribution is 0.395. The Bertz CT molecular complexity index is 698. The van der Waals surface area contributed by atoms with Gasteiger partial charge in [0.2, 0.25) is 15.7 Å². The quantitative estimate of drug-likeness (QED) is 0.774. The van der Waals surface area contributed by atoms with Crippen molar-refractivity contribution >= 4 is 20.7 Å². The summed E-state index contributed by atoms with van der Waals surface area (Å²) in [7, 11) is -0.596. The molecule has 96 valence electrons. The fourth-order valence-electron chi connectivity index (χ4n) is 1.56. The van der Waals surface area contributed by atoms with Gasteiger partial charge < -0.3 is 9.47 Å². The van der Waals surface area contributed by atoms with Crippen LogP contribution in [0.2, 0.25) is 0 Å². The van der Waals surface area contributed by atoms with Gasteiger partial charge in [0, 0.05) is 6.26 Å². The first-order valence-electron chi connectivity index (χ1n) is 5.06. The van der Waals surface area contributed by atoms with E-state index >= 15 is 0 Å². The first-order chi connectivity index (χ1) is 8.47. The van der Waals surface area contributed by atoms with Crippen LogP contribution in [0.4, 0.5) is 0 Å². The van der Waals surface area contributed by atoms with Gasteiger partial charge in [-0.1, -0.05) is 6.07 Å². The van der Waals surface area contributed by atoms with Crippen LogP contribution in [0.3, 0.4) is 0 Å². The van der Waals surface area contributed by atoms with Gasteiger partial charge >= 0.3 is 0 Å². The van der Waals surface area contributed by atoms with Gasteiger partial charge in [-0.05, 0) is 12.1 Å². The molecule has 0 saturated carbocycles. The first-order valence-corrected chi connectivity index (χ1v) is 6.95. The maximum absolute atomic E-state index is 11.5. The monoisotopic (exact) mass is 268 g/mol. The molecule has 0 aliphatic carbocycles. The van der Waals surface area contributed by atoms with Crippen LogP contribution in [-0.4, -0.2) is 38.9 Å². The van der Waals surface area contributed by atoms with E-state index in [9.17, 15) is 8.42 Å². The van der Waals surface area contributed by atoms with Gasteiger partial charge in [0.05, 0.1) is 19.6 Å². The lowest BCUT2D eigenvalue weighted by Crippen LogP contribution is -2.06. The molecular weight excluding hydrogens is 256 g/mol. The fourth-order valence-corrected chi connectivity index (χ4v) is 2.07. The van der Waals surface area contributed by atoms with Crippen LogP contribution in [0.15, 0.2) is 23.4 Å². The predicted octanol–water partition coefficient (Wildman–Crippen LogP) is 1.05. The topological polar surface area (TPSA) is 78.4 Å². The van der Waals surface area contributed by atoms with Crippen molar-refractivity contribution in [3.63, 3.8) is 0 Å². The Morgan fingerprint density at radius 3 is 2.39 bits per heavy atom. The van der Waals surface area contributed by atoms with Crippen molar-refractivity contribution < 1.29 is 17.9 Å². The Kier molecular flexibility index (Phi) is 3.08. The number of fused-ring (bicyclic) bond motifs is 1. The van der Waals surface area contributed by atoms with Gasteiger partial charge in [0.1, 0.15) is 11.3 Å². The van der Waals surface area contributed by atoms with E-state index < -0.39 is 9.84 Å². The van der Waals surface area contributed by atoms with Gasteiger partial charge in [-0.25, -0.2) is 13.4 Å². The normalized spacial score (nSPS) is 11.5. The number of sulfone groups is 1. The van der Waals surface area contributed by atoms with Crippen molar-refractivity contribution in [1.82, 2.24) is 9.97 Å². The van der Waals surface area contributed by atoms with E-state index in [2.05, 4.69) is 9.97 Å². The molecule has 1 heterocycles. The molecule has 0 aliphatic heterocycles. The average molecular weight is 268 g/mol. The lowest BCUT2D eigenvalue weighted by atomic mass is 10.2. The van der Waals surface area contributed by atoms with Crippen LogP contribution < -0.4 is 9.47 Å². The molecule has 18 heavy (non-hydrogen) atoms. The van der Waals surface area contributed by atoms with Crippen LogP contribution in [-0.2, 0) is 9.84 Å². The smallest absolute Gasteiger partial charge is 0.250 e. The molecule has 0 unspecified atom stereocenters. The van der Waals surface area contributed by atoms with E-state index in [0.29, 0.717) is 16.7 Å². The molecule has 0 aliphatic rings. The number of nitrogens with zero attached hydrogens (tertiary/aromatic N) is 2. The summed E-state index contributed by atoms with van der Waals surface area (Å²) < 4.78 is 33.3. The second kappa shape index (κ2) is 4.41. The van der Waals surface area contributed by atoms with Crippen LogP contribution in [0.5, 0.6) is 11.6 Å². The fraction of sp³-hybridized carbons (Fsp3) is 0.273. The highest BCUT2D eigenvalue weighted by Gasteiger charge is 2.17. The molecule has 2 rings (SSSR count). The van der Waals surface area contributed by atoms with Gasteiger partial charge in [-0.15, -0.1) is 0 Å². The molecule has 1 aromatic carbocycles. The third-order valence-corrected chi connectivity index (χ3v) is 3.22. The number of hydrogen-bond acceptors (Lipinski definition) is 6. The molecule has 6 nitrogen and oxygen atoms in total.